The topological polar surface area (TPSA) is 40.6 Å². The summed E-state index contributed by atoms with van der Waals surface area (Å²) in [4.78, 5) is 26.6. The van der Waals surface area contributed by atoms with E-state index in [1.54, 1.807) is 11.8 Å². The van der Waals surface area contributed by atoms with Gasteiger partial charge in [-0.3, -0.25) is 9.59 Å². The van der Waals surface area contributed by atoms with Crippen LogP contribution in [0.4, 0.5) is 0 Å². The minimum absolute atomic E-state index is 0.0925. The summed E-state index contributed by atoms with van der Waals surface area (Å²) in [7, 11) is 1.85. The van der Waals surface area contributed by atoms with Crippen molar-refractivity contribution in [1.29, 1.82) is 0 Å². The van der Waals surface area contributed by atoms with E-state index in [0.29, 0.717) is 6.42 Å². The number of amides is 2. The van der Waals surface area contributed by atoms with Crippen LogP contribution in [0, 0.1) is 5.41 Å². The Kier molecular flexibility index (Phi) is 2.44. The fraction of sp³-hybridized carbons (Fsp3) is 0.818. The molecule has 2 heterocycles. The summed E-state index contributed by atoms with van der Waals surface area (Å²) in [6.45, 7) is 4.05. The third-order valence-electron chi connectivity index (χ3n) is 3.81. The van der Waals surface area contributed by atoms with Gasteiger partial charge in [-0.05, 0) is 12.8 Å². The minimum Gasteiger partial charge on any atom is -0.346 e. The van der Waals surface area contributed by atoms with Crippen molar-refractivity contribution >= 4 is 11.8 Å². The molecule has 2 aliphatic rings. The Labute approximate surface area is 90.2 Å². The second kappa shape index (κ2) is 3.51. The standard InChI is InChI=1S/C11H18N2O2/c1-9(14)13-6-4-11(8-13)3-5-12(2)10(15)7-11/h3-8H2,1-2H3. The zero-order valence-corrected chi connectivity index (χ0v) is 9.45. The van der Waals surface area contributed by atoms with Crippen LogP contribution in [0.1, 0.15) is 26.2 Å². The molecule has 2 aliphatic heterocycles. The van der Waals surface area contributed by atoms with Crippen LogP contribution in [0.5, 0.6) is 0 Å². The summed E-state index contributed by atoms with van der Waals surface area (Å²) in [5.74, 6) is 0.366. The van der Waals surface area contributed by atoms with Gasteiger partial charge in [-0.15, -0.1) is 0 Å². The first-order valence-electron chi connectivity index (χ1n) is 5.52. The van der Waals surface area contributed by atoms with Gasteiger partial charge >= 0.3 is 0 Å². The number of nitrogens with zero attached hydrogens (tertiary/aromatic N) is 2. The van der Waals surface area contributed by atoms with Gasteiger partial charge in [-0.2, -0.15) is 0 Å². The van der Waals surface area contributed by atoms with Gasteiger partial charge in [0.1, 0.15) is 0 Å². The van der Waals surface area contributed by atoms with Crippen LogP contribution < -0.4 is 0 Å². The van der Waals surface area contributed by atoms with Gasteiger partial charge in [0.05, 0.1) is 0 Å². The van der Waals surface area contributed by atoms with E-state index < -0.39 is 0 Å². The average molecular weight is 210 g/mol. The Hall–Kier alpha value is -1.06. The lowest BCUT2D eigenvalue weighted by molar-refractivity contribution is -0.137. The number of carbonyl (C=O) groups is 2. The third-order valence-corrected chi connectivity index (χ3v) is 3.81. The Bertz CT molecular complexity index is 303. The van der Waals surface area contributed by atoms with Crippen LogP contribution >= 0.6 is 0 Å². The third kappa shape index (κ3) is 1.85. The van der Waals surface area contributed by atoms with E-state index >= 15 is 0 Å². The average Bonchev–Trinajstić information content (AvgIpc) is 2.57. The maximum absolute atomic E-state index is 11.7. The van der Waals surface area contributed by atoms with Gasteiger partial charge in [-0.25, -0.2) is 0 Å². The lowest BCUT2D eigenvalue weighted by Gasteiger charge is -2.36. The Morgan fingerprint density at radius 3 is 2.53 bits per heavy atom. The van der Waals surface area contributed by atoms with Gasteiger partial charge < -0.3 is 9.80 Å². The van der Waals surface area contributed by atoms with Crippen molar-refractivity contribution in [3.63, 3.8) is 0 Å². The molecule has 2 rings (SSSR count). The van der Waals surface area contributed by atoms with Gasteiger partial charge in [0.2, 0.25) is 11.8 Å². The largest absolute Gasteiger partial charge is 0.346 e. The SMILES string of the molecule is CC(=O)N1CCC2(CCN(C)C(=O)C2)C1. The molecule has 1 unspecified atom stereocenters. The van der Waals surface area contributed by atoms with Crippen LogP contribution in [0.15, 0.2) is 0 Å². The molecular weight excluding hydrogens is 192 g/mol. The predicted molar refractivity (Wildman–Crippen MR) is 56.2 cm³/mol. The molecule has 0 aromatic rings. The highest BCUT2D eigenvalue weighted by atomic mass is 16.2. The molecular formula is C11H18N2O2. The smallest absolute Gasteiger partial charge is 0.222 e. The predicted octanol–water partition coefficient (Wildman–Crippen LogP) is 0.477. The molecule has 0 aliphatic carbocycles. The lowest BCUT2D eigenvalue weighted by Crippen LogP contribution is -2.43. The second-order valence-corrected chi connectivity index (χ2v) is 4.93. The van der Waals surface area contributed by atoms with E-state index in [9.17, 15) is 9.59 Å². The number of hydrogen-bond donors (Lipinski definition) is 0. The van der Waals surface area contributed by atoms with Gasteiger partial charge in [0, 0.05) is 45.4 Å². The van der Waals surface area contributed by atoms with Crippen LogP contribution in [-0.2, 0) is 9.59 Å². The molecule has 1 atom stereocenters. The summed E-state index contributed by atoms with van der Waals surface area (Å²) < 4.78 is 0. The van der Waals surface area contributed by atoms with Crippen molar-refractivity contribution in [2.45, 2.75) is 26.2 Å². The Morgan fingerprint density at radius 1 is 1.33 bits per heavy atom. The van der Waals surface area contributed by atoms with Gasteiger partial charge in [0.15, 0.2) is 0 Å². The van der Waals surface area contributed by atoms with Gasteiger partial charge in [-0.1, -0.05) is 0 Å². The minimum atomic E-state index is 0.0925. The molecule has 2 saturated heterocycles. The molecule has 2 fully saturated rings. The first kappa shape index (κ1) is 10.5. The van der Waals surface area contributed by atoms with Gasteiger partial charge in [0.25, 0.3) is 0 Å². The number of carbonyl (C=O) groups excluding carboxylic acids is 2. The number of likely N-dealkylation sites (tertiary alicyclic amines) is 2. The van der Waals surface area contributed by atoms with Crippen LogP contribution in [0.25, 0.3) is 0 Å². The molecule has 0 N–H and O–H groups in total. The molecule has 2 amide bonds. The maximum Gasteiger partial charge on any atom is 0.222 e. The Morgan fingerprint density at radius 2 is 2.00 bits per heavy atom. The van der Waals surface area contributed by atoms with Crippen molar-refractivity contribution < 1.29 is 9.59 Å². The molecule has 0 aromatic heterocycles. The first-order valence-corrected chi connectivity index (χ1v) is 5.52. The normalized spacial score (nSPS) is 31.5. The molecule has 0 bridgehead atoms. The van der Waals surface area contributed by atoms with Crippen LogP contribution in [0.2, 0.25) is 0 Å². The summed E-state index contributed by atoms with van der Waals surface area (Å²) in [6, 6.07) is 0. The fourth-order valence-electron chi connectivity index (χ4n) is 2.63. The molecule has 0 aromatic carbocycles. The number of rotatable bonds is 0. The molecule has 1 spiro atoms. The first-order chi connectivity index (χ1) is 7.02. The Balaban J connectivity index is 2.04. The maximum atomic E-state index is 11.7. The molecule has 84 valence electrons. The highest BCUT2D eigenvalue weighted by Crippen LogP contribution is 2.40. The van der Waals surface area contributed by atoms with Crippen molar-refractivity contribution in [2.75, 3.05) is 26.7 Å². The molecule has 0 radical (unpaired) electrons. The highest BCUT2D eigenvalue weighted by Gasteiger charge is 2.43. The summed E-state index contributed by atoms with van der Waals surface area (Å²) >= 11 is 0. The van der Waals surface area contributed by atoms with E-state index in [2.05, 4.69) is 0 Å². The number of hydrogen-bond acceptors (Lipinski definition) is 2. The molecule has 15 heavy (non-hydrogen) atoms. The van der Waals surface area contributed by atoms with E-state index in [1.807, 2.05) is 11.9 Å². The monoisotopic (exact) mass is 210 g/mol. The van der Waals surface area contributed by atoms with Crippen molar-refractivity contribution in [2.24, 2.45) is 5.41 Å². The summed E-state index contributed by atoms with van der Waals surface area (Å²) in [6.07, 6.45) is 2.65. The molecule has 4 nitrogen and oxygen atoms in total. The van der Waals surface area contributed by atoms with Crippen LogP contribution in [0.3, 0.4) is 0 Å². The second-order valence-electron chi connectivity index (χ2n) is 4.93. The van der Waals surface area contributed by atoms with E-state index in [1.165, 1.54) is 0 Å². The van der Waals surface area contributed by atoms with Crippen molar-refractivity contribution in [3.8, 4) is 0 Å². The molecule has 0 saturated carbocycles. The fourth-order valence-corrected chi connectivity index (χ4v) is 2.63. The zero-order valence-electron chi connectivity index (χ0n) is 9.45. The molecule has 4 heteroatoms. The summed E-state index contributed by atoms with van der Waals surface area (Å²) in [5.41, 5.74) is 0.0925. The van der Waals surface area contributed by atoms with Crippen molar-refractivity contribution in [3.05, 3.63) is 0 Å². The van der Waals surface area contributed by atoms with Crippen LogP contribution in [-0.4, -0.2) is 48.3 Å². The van der Waals surface area contributed by atoms with Crippen molar-refractivity contribution in [1.82, 2.24) is 9.80 Å². The number of piperidine rings is 1. The quantitative estimate of drug-likeness (QED) is 0.583. The summed E-state index contributed by atoms with van der Waals surface area (Å²) in [5, 5.41) is 0. The zero-order chi connectivity index (χ0) is 11.1. The lowest BCUT2D eigenvalue weighted by atomic mass is 9.77. The van der Waals surface area contributed by atoms with E-state index in [0.717, 1.165) is 32.5 Å². The van der Waals surface area contributed by atoms with E-state index in [-0.39, 0.29) is 17.2 Å². The van der Waals surface area contributed by atoms with E-state index in [4.69, 9.17) is 0 Å². The highest BCUT2D eigenvalue weighted by molar-refractivity contribution is 5.78.